The Hall–Kier alpha value is -1.04. The molecule has 0 radical (unpaired) electrons. The van der Waals surface area contributed by atoms with Gasteiger partial charge in [0.1, 0.15) is 0 Å². The second-order valence-electron chi connectivity index (χ2n) is 4.77. The van der Waals surface area contributed by atoms with E-state index < -0.39 is 0 Å². The van der Waals surface area contributed by atoms with Gasteiger partial charge in [-0.05, 0) is 31.6 Å². The summed E-state index contributed by atoms with van der Waals surface area (Å²) >= 11 is 0. The zero-order valence-corrected chi connectivity index (χ0v) is 9.28. The van der Waals surface area contributed by atoms with Gasteiger partial charge >= 0.3 is 0 Å². The minimum absolute atomic E-state index is 0.0881. The number of nitrogens with zero attached hydrogens (tertiary/aromatic N) is 2. The van der Waals surface area contributed by atoms with Crippen LogP contribution in [0.4, 0.5) is 0 Å². The number of carbonyl (C=O) groups excluding carboxylic acids is 1. The molecular formula is C12H18N2O. The molecule has 1 aliphatic heterocycles. The third kappa shape index (κ3) is 1.86. The van der Waals surface area contributed by atoms with Crippen LogP contribution in [0, 0.1) is 23.2 Å². The first kappa shape index (κ1) is 10.5. The monoisotopic (exact) mass is 206 g/mol. The molecule has 1 saturated heterocycles. The lowest BCUT2D eigenvalue weighted by Gasteiger charge is -2.36. The van der Waals surface area contributed by atoms with Crippen LogP contribution in [0.1, 0.15) is 39.0 Å². The van der Waals surface area contributed by atoms with Crippen molar-refractivity contribution < 1.29 is 4.79 Å². The quantitative estimate of drug-likeness (QED) is 0.693. The summed E-state index contributed by atoms with van der Waals surface area (Å²) in [6.45, 7) is 2.47. The van der Waals surface area contributed by atoms with Gasteiger partial charge in [-0.1, -0.05) is 6.42 Å². The van der Waals surface area contributed by atoms with E-state index in [2.05, 4.69) is 6.07 Å². The molecule has 82 valence electrons. The van der Waals surface area contributed by atoms with E-state index in [4.69, 9.17) is 0 Å². The van der Waals surface area contributed by atoms with E-state index >= 15 is 0 Å². The molecule has 3 nitrogen and oxygen atoms in total. The maximum Gasteiger partial charge on any atom is 0.219 e. The third-order valence-corrected chi connectivity index (χ3v) is 3.93. The zero-order valence-electron chi connectivity index (χ0n) is 9.28. The van der Waals surface area contributed by atoms with Gasteiger partial charge in [-0.15, -0.1) is 0 Å². The van der Waals surface area contributed by atoms with E-state index in [9.17, 15) is 10.1 Å². The lowest BCUT2D eigenvalue weighted by molar-refractivity contribution is -0.130. The molecule has 3 heteroatoms. The van der Waals surface area contributed by atoms with Crippen molar-refractivity contribution in [3.05, 3.63) is 0 Å². The molecule has 1 saturated carbocycles. The fourth-order valence-corrected chi connectivity index (χ4v) is 2.86. The highest BCUT2D eigenvalue weighted by molar-refractivity contribution is 5.74. The first-order chi connectivity index (χ1) is 7.24. The summed E-state index contributed by atoms with van der Waals surface area (Å²) in [6.07, 6.45) is 5.71. The smallest absolute Gasteiger partial charge is 0.219 e. The molecule has 0 spiro atoms. The van der Waals surface area contributed by atoms with Crippen LogP contribution in [0.3, 0.4) is 0 Å². The largest absolute Gasteiger partial charge is 0.339 e. The molecule has 0 bridgehead atoms. The van der Waals surface area contributed by atoms with Crippen molar-refractivity contribution in [3.63, 3.8) is 0 Å². The van der Waals surface area contributed by atoms with Crippen molar-refractivity contribution in [2.45, 2.75) is 45.1 Å². The summed E-state index contributed by atoms with van der Waals surface area (Å²) < 4.78 is 0. The van der Waals surface area contributed by atoms with Crippen LogP contribution >= 0.6 is 0 Å². The predicted molar refractivity (Wildman–Crippen MR) is 56.9 cm³/mol. The Morgan fingerprint density at radius 2 is 2.13 bits per heavy atom. The highest BCUT2D eigenvalue weighted by atomic mass is 16.2. The number of amides is 1. The van der Waals surface area contributed by atoms with Crippen molar-refractivity contribution in [2.24, 2.45) is 11.8 Å². The fourth-order valence-electron chi connectivity index (χ4n) is 2.86. The fraction of sp³-hybridized carbons (Fsp3) is 0.833. The zero-order chi connectivity index (χ0) is 10.8. The summed E-state index contributed by atoms with van der Waals surface area (Å²) in [5.74, 6) is 0.780. The predicted octanol–water partition coefficient (Wildman–Crippen LogP) is 1.94. The highest BCUT2D eigenvalue weighted by Crippen LogP contribution is 2.39. The highest BCUT2D eigenvalue weighted by Gasteiger charge is 2.39. The molecule has 0 N–H and O–H groups in total. The summed E-state index contributed by atoms with van der Waals surface area (Å²) in [4.78, 5) is 13.3. The Labute approximate surface area is 91.1 Å². The Balaban J connectivity index is 2.06. The Morgan fingerprint density at radius 1 is 1.40 bits per heavy atom. The lowest BCUT2D eigenvalue weighted by Crippen LogP contribution is -2.42. The van der Waals surface area contributed by atoms with Crippen LogP contribution in [0.5, 0.6) is 0 Å². The molecule has 2 aliphatic rings. The average molecular weight is 206 g/mol. The molecule has 2 rings (SSSR count). The van der Waals surface area contributed by atoms with Gasteiger partial charge < -0.3 is 4.90 Å². The summed E-state index contributed by atoms with van der Waals surface area (Å²) in [7, 11) is 0. The van der Waals surface area contributed by atoms with E-state index in [0.717, 1.165) is 19.4 Å². The van der Waals surface area contributed by atoms with Crippen LogP contribution in [-0.2, 0) is 4.79 Å². The van der Waals surface area contributed by atoms with Crippen molar-refractivity contribution in [3.8, 4) is 6.07 Å². The van der Waals surface area contributed by atoms with Gasteiger partial charge in [0, 0.05) is 19.5 Å². The van der Waals surface area contributed by atoms with Gasteiger partial charge in [-0.2, -0.15) is 5.26 Å². The van der Waals surface area contributed by atoms with E-state index in [1.54, 1.807) is 6.92 Å². The number of rotatable bonds is 2. The van der Waals surface area contributed by atoms with Gasteiger partial charge in [0.2, 0.25) is 5.91 Å². The molecule has 0 aromatic carbocycles. The molecule has 2 atom stereocenters. The van der Waals surface area contributed by atoms with Crippen LogP contribution in [0.2, 0.25) is 0 Å². The number of nitriles is 1. The first-order valence-corrected chi connectivity index (χ1v) is 5.91. The number of hydrogen-bond donors (Lipinski definition) is 0. The second kappa shape index (κ2) is 4.22. The summed E-state index contributed by atoms with van der Waals surface area (Å²) in [5, 5.41) is 9.23. The van der Waals surface area contributed by atoms with Gasteiger partial charge in [0.25, 0.3) is 0 Å². The number of likely N-dealkylation sites (tertiary alicyclic amines) is 1. The molecule has 1 aliphatic carbocycles. The number of carbonyl (C=O) groups is 1. The molecule has 2 fully saturated rings. The van der Waals surface area contributed by atoms with Crippen molar-refractivity contribution in [1.82, 2.24) is 4.90 Å². The molecular weight excluding hydrogens is 188 g/mol. The maximum atomic E-state index is 11.4. The lowest BCUT2D eigenvalue weighted by atomic mass is 9.73. The molecule has 1 heterocycles. The standard InChI is InChI=1S/C12H18N2O/c1-9(15)14-7-3-6-12(14)11(8-13)10-4-2-5-10/h10-12H,2-7H2,1H3. The average Bonchev–Trinajstić information content (AvgIpc) is 2.58. The van der Waals surface area contributed by atoms with Crippen LogP contribution in [0.25, 0.3) is 0 Å². The number of hydrogen-bond acceptors (Lipinski definition) is 2. The second-order valence-corrected chi connectivity index (χ2v) is 4.77. The Kier molecular flexibility index (Phi) is 2.95. The molecule has 0 aromatic heterocycles. The van der Waals surface area contributed by atoms with E-state index in [-0.39, 0.29) is 17.9 Å². The normalized spacial score (nSPS) is 28.3. The van der Waals surface area contributed by atoms with Crippen molar-refractivity contribution in [2.75, 3.05) is 6.54 Å². The van der Waals surface area contributed by atoms with Gasteiger partial charge in [-0.25, -0.2) is 0 Å². The van der Waals surface area contributed by atoms with Crippen LogP contribution in [-0.4, -0.2) is 23.4 Å². The Bertz CT molecular complexity index is 290. The molecule has 15 heavy (non-hydrogen) atoms. The summed E-state index contributed by atoms with van der Waals surface area (Å²) in [5.41, 5.74) is 0. The van der Waals surface area contributed by atoms with E-state index in [0.29, 0.717) is 5.92 Å². The third-order valence-electron chi connectivity index (χ3n) is 3.93. The molecule has 0 aromatic rings. The molecule has 1 amide bonds. The molecule has 2 unspecified atom stereocenters. The van der Waals surface area contributed by atoms with Crippen molar-refractivity contribution in [1.29, 1.82) is 5.26 Å². The Morgan fingerprint density at radius 3 is 2.60 bits per heavy atom. The van der Waals surface area contributed by atoms with Crippen molar-refractivity contribution >= 4 is 5.91 Å². The van der Waals surface area contributed by atoms with Crippen LogP contribution < -0.4 is 0 Å². The van der Waals surface area contributed by atoms with Gasteiger partial charge in [0.05, 0.1) is 12.0 Å². The van der Waals surface area contributed by atoms with Gasteiger partial charge in [-0.3, -0.25) is 4.79 Å². The topological polar surface area (TPSA) is 44.1 Å². The summed E-state index contributed by atoms with van der Waals surface area (Å²) in [6, 6.07) is 2.64. The van der Waals surface area contributed by atoms with E-state index in [1.165, 1.54) is 19.3 Å². The first-order valence-electron chi connectivity index (χ1n) is 5.91. The maximum absolute atomic E-state index is 11.4. The van der Waals surface area contributed by atoms with E-state index in [1.807, 2.05) is 4.90 Å². The minimum Gasteiger partial charge on any atom is -0.339 e. The minimum atomic E-state index is 0.0881. The van der Waals surface area contributed by atoms with Gasteiger partial charge in [0.15, 0.2) is 0 Å². The SMILES string of the molecule is CC(=O)N1CCCC1C(C#N)C1CCC1. The van der Waals surface area contributed by atoms with Crippen LogP contribution in [0.15, 0.2) is 0 Å².